The predicted octanol–water partition coefficient (Wildman–Crippen LogP) is 3.61. The largest absolute Gasteiger partial charge is 0.490 e. The van der Waals surface area contributed by atoms with Gasteiger partial charge in [-0.2, -0.15) is 0 Å². The van der Waals surface area contributed by atoms with E-state index in [-0.39, 0.29) is 11.9 Å². The van der Waals surface area contributed by atoms with Gasteiger partial charge in [-0.1, -0.05) is 12.1 Å². The minimum absolute atomic E-state index is 0.0324. The van der Waals surface area contributed by atoms with Gasteiger partial charge in [0.2, 0.25) is 0 Å². The Morgan fingerprint density at radius 2 is 2.00 bits per heavy atom. The summed E-state index contributed by atoms with van der Waals surface area (Å²) in [5, 5.41) is 0. The van der Waals surface area contributed by atoms with E-state index < -0.39 is 0 Å². The maximum absolute atomic E-state index is 12.3. The monoisotopic (exact) mass is 244 g/mol. The zero-order chi connectivity index (χ0) is 13.1. The quantitative estimate of drug-likeness (QED) is 0.771. The highest BCUT2D eigenvalue weighted by Crippen LogP contribution is 2.23. The van der Waals surface area contributed by atoms with Crippen LogP contribution in [0, 0.1) is 6.92 Å². The molecule has 0 saturated carbocycles. The van der Waals surface area contributed by atoms with Crippen LogP contribution in [0.2, 0.25) is 0 Å². The first-order valence-electron chi connectivity index (χ1n) is 5.93. The van der Waals surface area contributed by atoms with Crippen LogP contribution in [0.5, 0.6) is 5.75 Å². The molecular weight excluding hydrogens is 228 g/mol. The Labute approximate surface area is 106 Å². The van der Waals surface area contributed by atoms with E-state index >= 15 is 0 Å². The lowest BCUT2D eigenvalue weighted by atomic mass is 10.0. The number of ketones is 1. The topological polar surface area (TPSA) is 39.4 Å². The van der Waals surface area contributed by atoms with Crippen molar-refractivity contribution in [3.05, 3.63) is 53.5 Å². The lowest BCUT2D eigenvalue weighted by molar-refractivity contribution is 0.103. The van der Waals surface area contributed by atoms with Crippen LogP contribution in [0.1, 0.15) is 35.5 Å². The lowest BCUT2D eigenvalue weighted by Crippen LogP contribution is -2.10. The molecule has 0 unspecified atom stereocenters. The highest BCUT2D eigenvalue weighted by Gasteiger charge is 2.16. The molecule has 3 nitrogen and oxygen atoms in total. The molecule has 0 bridgehead atoms. The molecule has 1 aromatic carbocycles. The average Bonchev–Trinajstić information content (AvgIpc) is 2.75. The Bertz CT molecular complexity index is 552. The van der Waals surface area contributed by atoms with Crippen molar-refractivity contribution >= 4 is 5.78 Å². The molecule has 0 amide bonds. The second-order valence-electron chi connectivity index (χ2n) is 4.44. The van der Waals surface area contributed by atoms with Gasteiger partial charge in [0.15, 0.2) is 5.78 Å². The predicted molar refractivity (Wildman–Crippen MR) is 69.1 cm³/mol. The third-order valence-electron chi connectivity index (χ3n) is 2.49. The summed E-state index contributed by atoms with van der Waals surface area (Å²) in [6.45, 7) is 5.68. The summed E-state index contributed by atoms with van der Waals surface area (Å²) in [7, 11) is 0. The van der Waals surface area contributed by atoms with Crippen molar-refractivity contribution in [2.45, 2.75) is 26.9 Å². The second-order valence-corrected chi connectivity index (χ2v) is 4.44. The molecule has 2 aromatic rings. The number of ether oxygens (including phenoxy) is 1. The molecule has 0 aliphatic heterocycles. The molecule has 0 N–H and O–H groups in total. The number of aryl methyl sites for hydroxylation is 1. The minimum Gasteiger partial charge on any atom is -0.490 e. The molecule has 0 radical (unpaired) electrons. The molecule has 0 aliphatic carbocycles. The van der Waals surface area contributed by atoms with E-state index in [1.807, 2.05) is 32.9 Å². The number of rotatable bonds is 4. The van der Waals surface area contributed by atoms with Crippen LogP contribution in [0.15, 0.2) is 41.0 Å². The lowest BCUT2D eigenvalue weighted by Gasteiger charge is -2.12. The van der Waals surface area contributed by atoms with E-state index in [1.54, 1.807) is 18.2 Å². The first kappa shape index (κ1) is 12.4. The minimum atomic E-state index is -0.0805. The van der Waals surface area contributed by atoms with E-state index in [1.165, 1.54) is 6.26 Å². The fourth-order valence-electron chi connectivity index (χ4n) is 1.73. The first-order chi connectivity index (χ1) is 8.58. The highest BCUT2D eigenvalue weighted by molar-refractivity contribution is 6.10. The van der Waals surface area contributed by atoms with Crippen LogP contribution in [0.3, 0.4) is 0 Å². The highest BCUT2D eigenvalue weighted by atomic mass is 16.5. The Morgan fingerprint density at radius 3 is 2.61 bits per heavy atom. The van der Waals surface area contributed by atoms with Crippen molar-refractivity contribution in [2.75, 3.05) is 0 Å². The summed E-state index contributed by atoms with van der Waals surface area (Å²) in [5.74, 6) is 1.25. The van der Waals surface area contributed by atoms with E-state index in [9.17, 15) is 4.79 Å². The zero-order valence-electron chi connectivity index (χ0n) is 10.8. The van der Waals surface area contributed by atoms with Gasteiger partial charge in [-0.05, 0) is 39.0 Å². The number of para-hydroxylation sites is 1. The van der Waals surface area contributed by atoms with E-state index in [4.69, 9.17) is 9.15 Å². The molecule has 3 heteroatoms. The number of benzene rings is 1. The van der Waals surface area contributed by atoms with Crippen molar-refractivity contribution in [1.29, 1.82) is 0 Å². The number of carbonyl (C=O) groups is 1. The van der Waals surface area contributed by atoms with Gasteiger partial charge < -0.3 is 9.15 Å². The van der Waals surface area contributed by atoms with Gasteiger partial charge >= 0.3 is 0 Å². The second kappa shape index (κ2) is 5.08. The Kier molecular flexibility index (Phi) is 3.51. The van der Waals surface area contributed by atoms with Crippen LogP contribution in [-0.4, -0.2) is 11.9 Å². The van der Waals surface area contributed by atoms with Crippen LogP contribution in [0.4, 0.5) is 0 Å². The normalized spacial score (nSPS) is 10.7. The Balaban J connectivity index is 2.35. The van der Waals surface area contributed by atoms with E-state index in [2.05, 4.69) is 0 Å². The molecule has 94 valence electrons. The molecule has 0 saturated heterocycles. The zero-order valence-corrected chi connectivity index (χ0v) is 10.8. The molecule has 0 aliphatic rings. The molecule has 0 fully saturated rings. The summed E-state index contributed by atoms with van der Waals surface area (Å²) in [4.78, 5) is 12.3. The smallest absolute Gasteiger partial charge is 0.199 e. The molecule has 0 atom stereocenters. The Hall–Kier alpha value is -2.03. The van der Waals surface area contributed by atoms with Crippen LogP contribution in [0.25, 0.3) is 0 Å². The molecule has 1 aromatic heterocycles. The summed E-state index contributed by atoms with van der Waals surface area (Å²) < 4.78 is 10.8. The molecule has 18 heavy (non-hydrogen) atoms. The van der Waals surface area contributed by atoms with Gasteiger partial charge in [0.1, 0.15) is 17.8 Å². The number of hydrogen-bond donors (Lipinski definition) is 0. The SMILES string of the molecule is Cc1cc(C(=O)c2ccccc2OC(C)C)co1. The van der Waals surface area contributed by atoms with Crippen molar-refractivity contribution in [3.8, 4) is 5.75 Å². The summed E-state index contributed by atoms with van der Waals surface area (Å²) in [6, 6.07) is 8.99. The maximum atomic E-state index is 12.3. The summed E-state index contributed by atoms with van der Waals surface area (Å²) >= 11 is 0. The first-order valence-corrected chi connectivity index (χ1v) is 5.93. The van der Waals surface area contributed by atoms with Crippen molar-refractivity contribution in [3.63, 3.8) is 0 Å². The fraction of sp³-hybridized carbons (Fsp3) is 0.267. The third kappa shape index (κ3) is 2.62. The fourth-order valence-corrected chi connectivity index (χ4v) is 1.73. The molecule has 2 rings (SSSR count). The van der Waals surface area contributed by atoms with Gasteiger partial charge in [-0.25, -0.2) is 0 Å². The number of hydrogen-bond acceptors (Lipinski definition) is 3. The van der Waals surface area contributed by atoms with Crippen LogP contribution >= 0.6 is 0 Å². The van der Waals surface area contributed by atoms with Crippen LogP contribution < -0.4 is 4.74 Å². The van der Waals surface area contributed by atoms with Crippen molar-refractivity contribution < 1.29 is 13.9 Å². The Morgan fingerprint density at radius 1 is 1.28 bits per heavy atom. The van der Waals surface area contributed by atoms with Crippen molar-refractivity contribution in [2.24, 2.45) is 0 Å². The summed E-state index contributed by atoms with van der Waals surface area (Å²) in [6.07, 6.45) is 1.51. The van der Waals surface area contributed by atoms with E-state index in [0.29, 0.717) is 16.9 Å². The standard InChI is InChI=1S/C15H16O3/c1-10(2)18-14-7-5-4-6-13(14)15(16)12-8-11(3)17-9-12/h4-10H,1-3H3. The van der Waals surface area contributed by atoms with Gasteiger partial charge in [0, 0.05) is 0 Å². The summed E-state index contributed by atoms with van der Waals surface area (Å²) in [5.41, 5.74) is 1.11. The molecule has 0 spiro atoms. The number of furan rings is 1. The van der Waals surface area contributed by atoms with Crippen LogP contribution in [-0.2, 0) is 0 Å². The van der Waals surface area contributed by atoms with Gasteiger partial charge in [0.05, 0.1) is 17.2 Å². The van der Waals surface area contributed by atoms with Crippen molar-refractivity contribution in [1.82, 2.24) is 0 Å². The molecule has 1 heterocycles. The third-order valence-corrected chi connectivity index (χ3v) is 2.49. The van der Waals surface area contributed by atoms with Gasteiger partial charge in [-0.15, -0.1) is 0 Å². The van der Waals surface area contributed by atoms with Gasteiger partial charge in [0.25, 0.3) is 0 Å². The maximum Gasteiger partial charge on any atom is 0.199 e. The number of carbonyl (C=O) groups excluding carboxylic acids is 1. The van der Waals surface area contributed by atoms with E-state index in [0.717, 1.165) is 5.76 Å². The molecular formula is C15H16O3. The van der Waals surface area contributed by atoms with Gasteiger partial charge in [-0.3, -0.25) is 4.79 Å². The average molecular weight is 244 g/mol.